The van der Waals surface area contributed by atoms with Crippen molar-refractivity contribution in [2.75, 3.05) is 20.8 Å². The molecule has 9 nitrogen and oxygen atoms in total. The highest BCUT2D eigenvalue weighted by Gasteiger charge is 2.20. The van der Waals surface area contributed by atoms with Crippen LogP contribution in [0, 0.1) is 0 Å². The Balaban J connectivity index is 1.27. The molecular weight excluding hydrogens is 458 g/mol. The van der Waals surface area contributed by atoms with E-state index < -0.39 is 18.5 Å². The van der Waals surface area contributed by atoms with Crippen LogP contribution >= 0.6 is 11.3 Å². The van der Waals surface area contributed by atoms with Crippen LogP contribution in [0.5, 0.6) is 11.5 Å². The first kappa shape index (κ1) is 23.7. The number of methoxy groups -OCH3 is 2. The van der Waals surface area contributed by atoms with Gasteiger partial charge in [0.05, 0.1) is 32.4 Å². The summed E-state index contributed by atoms with van der Waals surface area (Å²) in [4.78, 5) is 43.6. The van der Waals surface area contributed by atoms with Gasteiger partial charge in [0.1, 0.15) is 4.83 Å². The Morgan fingerprint density at radius 2 is 1.94 bits per heavy atom. The SMILES string of the molecule is COc1ccc(CNC(=O)COC(=O)CCn2cnc3sc4c(c3c2=O)CCCC4)cc1OC. The van der Waals surface area contributed by atoms with E-state index in [9.17, 15) is 14.4 Å². The molecule has 1 aliphatic rings. The number of benzene rings is 1. The monoisotopic (exact) mass is 485 g/mol. The zero-order valence-corrected chi connectivity index (χ0v) is 20.0. The zero-order valence-electron chi connectivity index (χ0n) is 19.2. The zero-order chi connectivity index (χ0) is 24.1. The maximum absolute atomic E-state index is 12.9. The lowest BCUT2D eigenvalue weighted by atomic mass is 9.97. The van der Waals surface area contributed by atoms with E-state index in [-0.39, 0.29) is 25.1 Å². The standard InChI is InChI=1S/C24H27N3O6S/c1-31-17-8-7-15(11-18(17)32-2)12-25-20(28)13-33-21(29)9-10-27-14-26-23-22(24(27)30)16-5-3-4-6-19(16)34-23/h7-8,11,14H,3-6,9-10,12-13H2,1-2H3,(H,25,28). The second-order valence-electron chi connectivity index (χ2n) is 8.01. The van der Waals surface area contributed by atoms with Gasteiger partial charge in [-0.1, -0.05) is 6.07 Å². The summed E-state index contributed by atoms with van der Waals surface area (Å²) in [6.07, 6.45) is 5.57. The highest BCUT2D eigenvalue weighted by atomic mass is 32.1. The van der Waals surface area contributed by atoms with Crippen molar-refractivity contribution in [2.45, 2.75) is 45.2 Å². The van der Waals surface area contributed by atoms with Gasteiger partial charge >= 0.3 is 5.97 Å². The van der Waals surface area contributed by atoms with Crippen molar-refractivity contribution >= 4 is 33.4 Å². The van der Waals surface area contributed by atoms with E-state index in [1.165, 1.54) is 22.9 Å². The van der Waals surface area contributed by atoms with Crippen LogP contribution in [-0.4, -0.2) is 42.3 Å². The van der Waals surface area contributed by atoms with Crippen LogP contribution in [0.2, 0.25) is 0 Å². The Bertz CT molecular complexity index is 1270. The van der Waals surface area contributed by atoms with Crippen molar-refractivity contribution in [3.8, 4) is 11.5 Å². The number of thiophene rings is 1. The van der Waals surface area contributed by atoms with Crippen LogP contribution in [0.3, 0.4) is 0 Å². The lowest BCUT2D eigenvalue weighted by molar-refractivity contribution is -0.148. The first-order valence-corrected chi connectivity index (χ1v) is 11.9. The number of hydrogen-bond donors (Lipinski definition) is 1. The number of nitrogens with zero attached hydrogens (tertiary/aromatic N) is 2. The number of rotatable bonds is 9. The van der Waals surface area contributed by atoms with E-state index in [1.807, 2.05) is 0 Å². The Labute approximate surface area is 200 Å². The molecule has 1 amide bonds. The fourth-order valence-corrected chi connectivity index (χ4v) is 5.23. The van der Waals surface area contributed by atoms with E-state index >= 15 is 0 Å². The average molecular weight is 486 g/mol. The molecular formula is C24H27N3O6S. The highest BCUT2D eigenvalue weighted by molar-refractivity contribution is 7.18. The van der Waals surface area contributed by atoms with Crippen LogP contribution in [0.4, 0.5) is 0 Å². The number of aromatic nitrogens is 2. The molecule has 1 aliphatic carbocycles. The molecule has 0 unspecified atom stereocenters. The summed E-state index contributed by atoms with van der Waals surface area (Å²) in [6, 6.07) is 5.32. The van der Waals surface area contributed by atoms with Crippen molar-refractivity contribution in [3.05, 3.63) is 50.9 Å². The molecule has 3 aromatic rings. The quantitative estimate of drug-likeness (QED) is 0.464. The van der Waals surface area contributed by atoms with E-state index in [2.05, 4.69) is 10.3 Å². The minimum Gasteiger partial charge on any atom is -0.493 e. The molecule has 180 valence electrons. The predicted molar refractivity (Wildman–Crippen MR) is 127 cm³/mol. The van der Waals surface area contributed by atoms with E-state index in [4.69, 9.17) is 14.2 Å². The molecule has 0 saturated carbocycles. The summed E-state index contributed by atoms with van der Waals surface area (Å²) in [5, 5.41) is 3.38. The summed E-state index contributed by atoms with van der Waals surface area (Å²) >= 11 is 1.59. The van der Waals surface area contributed by atoms with Crippen molar-refractivity contribution < 1.29 is 23.8 Å². The lowest BCUT2D eigenvalue weighted by Gasteiger charge is -2.11. The van der Waals surface area contributed by atoms with Crippen LogP contribution in [-0.2, 0) is 40.3 Å². The summed E-state index contributed by atoms with van der Waals surface area (Å²) in [7, 11) is 3.09. The first-order chi connectivity index (χ1) is 16.5. The van der Waals surface area contributed by atoms with Gasteiger partial charge in [-0.05, 0) is 48.9 Å². The molecule has 0 saturated heterocycles. The Morgan fingerprint density at radius 3 is 2.74 bits per heavy atom. The maximum Gasteiger partial charge on any atom is 0.308 e. The largest absolute Gasteiger partial charge is 0.493 e. The third-order valence-corrected chi connectivity index (χ3v) is 7.00. The number of ether oxygens (including phenoxy) is 3. The summed E-state index contributed by atoms with van der Waals surface area (Å²) < 4.78 is 17.0. The van der Waals surface area contributed by atoms with Crippen LogP contribution in [0.15, 0.2) is 29.3 Å². The van der Waals surface area contributed by atoms with Gasteiger partial charge < -0.3 is 19.5 Å². The van der Waals surface area contributed by atoms with Gasteiger partial charge in [-0.15, -0.1) is 11.3 Å². The second kappa shape index (κ2) is 10.7. The Hall–Kier alpha value is -3.40. The fraction of sp³-hybridized carbons (Fsp3) is 0.417. The number of aryl methyl sites for hydroxylation is 3. The molecule has 0 radical (unpaired) electrons. The minimum atomic E-state index is -0.555. The normalized spacial score (nSPS) is 12.8. The number of carbonyl (C=O) groups excluding carboxylic acids is 2. The van der Waals surface area contributed by atoms with Gasteiger partial charge in [0.25, 0.3) is 11.5 Å². The fourth-order valence-electron chi connectivity index (χ4n) is 4.01. The molecule has 2 heterocycles. The molecule has 1 aromatic carbocycles. The molecule has 1 N–H and O–H groups in total. The molecule has 0 bridgehead atoms. The van der Waals surface area contributed by atoms with Crippen molar-refractivity contribution in [3.63, 3.8) is 0 Å². The van der Waals surface area contributed by atoms with E-state index in [0.29, 0.717) is 16.9 Å². The number of fused-ring (bicyclic) bond motifs is 3. The maximum atomic E-state index is 12.9. The molecule has 10 heteroatoms. The van der Waals surface area contributed by atoms with Gasteiger partial charge in [-0.2, -0.15) is 0 Å². The number of hydrogen-bond acceptors (Lipinski definition) is 8. The van der Waals surface area contributed by atoms with Gasteiger partial charge in [0, 0.05) is 18.0 Å². The second-order valence-corrected chi connectivity index (χ2v) is 9.09. The molecule has 4 rings (SSSR count). The minimum absolute atomic E-state index is 0.0254. The Kier molecular flexibility index (Phi) is 7.46. The third kappa shape index (κ3) is 5.22. The highest BCUT2D eigenvalue weighted by Crippen LogP contribution is 2.33. The molecule has 34 heavy (non-hydrogen) atoms. The van der Waals surface area contributed by atoms with Crippen molar-refractivity contribution in [2.24, 2.45) is 0 Å². The third-order valence-electron chi connectivity index (χ3n) is 5.80. The summed E-state index contributed by atoms with van der Waals surface area (Å²) in [5.41, 5.74) is 1.81. The van der Waals surface area contributed by atoms with Gasteiger partial charge in [-0.25, -0.2) is 4.98 Å². The smallest absolute Gasteiger partial charge is 0.308 e. The van der Waals surface area contributed by atoms with Crippen LogP contribution in [0.25, 0.3) is 10.2 Å². The number of amides is 1. The van der Waals surface area contributed by atoms with Gasteiger partial charge in [0.2, 0.25) is 0 Å². The predicted octanol–water partition coefficient (Wildman–Crippen LogP) is 2.60. The van der Waals surface area contributed by atoms with Crippen molar-refractivity contribution in [1.82, 2.24) is 14.9 Å². The Morgan fingerprint density at radius 1 is 1.15 bits per heavy atom. The van der Waals surface area contributed by atoms with Gasteiger partial charge in [-0.3, -0.25) is 19.0 Å². The van der Waals surface area contributed by atoms with Crippen LogP contribution < -0.4 is 20.3 Å². The van der Waals surface area contributed by atoms with Crippen LogP contribution in [0.1, 0.15) is 35.3 Å². The van der Waals surface area contributed by atoms with Gasteiger partial charge in [0.15, 0.2) is 18.1 Å². The van der Waals surface area contributed by atoms with E-state index in [0.717, 1.165) is 41.6 Å². The topological polar surface area (TPSA) is 109 Å². The molecule has 0 atom stereocenters. The molecule has 0 spiro atoms. The van der Waals surface area contributed by atoms with E-state index in [1.54, 1.807) is 36.6 Å². The first-order valence-electron chi connectivity index (χ1n) is 11.1. The summed E-state index contributed by atoms with van der Waals surface area (Å²) in [6.45, 7) is 0.0115. The number of nitrogens with one attached hydrogen (secondary N) is 1. The summed E-state index contributed by atoms with van der Waals surface area (Å²) in [5.74, 6) is 0.180. The number of esters is 1. The molecule has 2 aromatic heterocycles. The van der Waals surface area contributed by atoms with Crippen molar-refractivity contribution in [1.29, 1.82) is 0 Å². The lowest BCUT2D eigenvalue weighted by Crippen LogP contribution is -2.29. The molecule has 0 aliphatic heterocycles. The number of carbonyl (C=O) groups is 2. The molecule has 0 fully saturated rings. The average Bonchev–Trinajstić information content (AvgIpc) is 3.25.